The largest absolute Gasteiger partial charge is 0.490 e. The van der Waals surface area contributed by atoms with Gasteiger partial charge in [0.2, 0.25) is 0 Å². The van der Waals surface area contributed by atoms with Crippen LogP contribution < -0.4 is 10.1 Å². The topological polar surface area (TPSA) is 21.3 Å². The van der Waals surface area contributed by atoms with Gasteiger partial charge in [0.1, 0.15) is 5.75 Å². The van der Waals surface area contributed by atoms with Crippen molar-refractivity contribution in [2.45, 2.75) is 40.2 Å². The molecule has 0 bridgehead atoms. The van der Waals surface area contributed by atoms with Crippen molar-refractivity contribution in [2.24, 2.45) is 0 Å². The van der Waals surface area contributed by atoms with E-state index in [0.29, 0.717) is 0 Å². The van der Waals surface area contributed by atoms with Crippen molar-refractivity contribution in [3.63, 3.8) is 0 Å². The highest BCUT2D eigenvalue weighted by Gasteiger charge is 2.10. The second kappa shape index (κ2) is 5.90. The third kappa shape index (κ3) is 3.24. The highest BCUT2D eigenvalue weighted by atomic mass is 16.5. The molecule has 0 aromatic heterocycles. The van der Waals surface area contributed by atoms with Crippen LogP contribution in [-0.2, 0) is 0 Å². The fourth-order valence-corrected chi connectivity index (χ4v) is 1.71. The minimum Gasteiger partial charge on any atom is -0.490 e. The second-order valence-electron chi connectivity index (χ2n) is 4.47. The summed E-state index contributed by atoms with van der Waals surface area (Å²) in [6.45, 7) is 9.47. The molecule has 0 aliphatic carbocycles. The predicted octanol–water partition coefficient (Wildman–Crippen LogP) is 2.99. The predicted molar refractivity (Wildman–Crippen MR) is 69.3 cm³/mol. The first kappa shape index (κ1) is 13.0. The number of hydrogen-bond acceptors (Lipinski definition) is 2. The lowest BCUT2D eigenvalue weighted by Gasteiger charge is -2.19. The number of nitrogens with one attached hydrogen (secondary N) is 1. The smallest absolute Gasteiger partial charge is 0.125 e. The number of aryl methyl sites for hydroxylation is 2. The summed E-state index contributed by atoms with van der Waals surface area (Å²) >= 11 is 0. The lowest BCUT2D eigenvalue weighted by atomic mass is 10.1. The standard InChI is InChI=1S/C14H23NO/c1-10-6-7-11(2)14(13(10)4)16-12(3)8-9-15-5/h6-7,12,15H,8-9H2,1-5H3. The van der Waals surface area contributed by atoms with Gasteiger partial charge in [-0.1, -0.05) is 12.1 Å². The molecule has 1 unspecified atom stereocenters. The van der Waals surface area contributed by atoms with Crippen LogP contribution in [0.3, 0.4) is 0 Å². The van der Waals surface area contributed by atoms with E-state index in [2.05, 4.69) is 45.1 Å². The van der Waals surface area contributed by atoms with Crippen molar-refractivity contribution >= 4 is 0 Å². The van der Waals surface area contributed by atoms with E-state index >= 15 is 0 Å². The van der Waals surface area contributed by atoms with E-state index in [9.17, 15) is 0 Å². The van der Waals surface area contributed by atoms with Crippen molar-refractivity contribution in [2.75, 3.05) is 13.6 Å². The zero-order valence-corrected chi connectivity index (χ0v) is 11.1. The Kier molecular flexibility index (Phi) is 4.81. The molecule has 16 heavy (non-hydrogen) atoms. The molecule has 90 valence electrons. The molecule has 0 radical (unpaired) electrons. The summed E-state index contributed by atoms with van der Waals surface area (Å²) in [7, 11) is 1.97. The third-order valence-electron chi connectivity index (χ3n) is 2.99. The molecule has 1 aromatic carbocycles. The normalized spacial score (nSPS) is 12.6. The Hall–Kier alpha value is -1.02. The van der Waals surface area contributed by atoms with Gasteiger partial charge in [-0.2, -0.15) is 0 Å². The van der Waals surface area contributed by atoms with E-state index in [1.54, 1.807) is 0 Å². The molecule has 1 N–H and O–H groups in total. The van der Waals surface area contributed by atoms with Crippen LogP contribution in [0.25, 0.3) is 0 Å². The van der Waals surface area contributed by atoms with Crippen LogP contribution >= 0.6 is 0 Å². The fourth-order valence-electron chi connectivity index (χ4n) is 1.71. The van der Waals surface area contributed by atoms with Gasteiger partial charge in [-0.15, -0.1) is 0 Å². The SMILES string of the molecule is CNCCC(C)Oc1c(C)ccc(C)c1C. The molecule has 2 heteroatoms. The highest BCUT2D eigenvalue weighted by molar-refractivity contribution is 5.44. The maximum Gasteiger partial charge on any atom is 0.125 e. The monoisotopic (exact) mass is 221 g/mol. The highest BCUT2D eigenvalue weighted by Crippen LogP contribution is 2.26. The summed E-state index contributed by atoms with van der Waals surface area (Å²) in [4.78, 5) is 0. The average Bonchev–Trinajstić information content (AvgIpc) is 2.27. The third-order valence-corrected chi connectivity index (χ3v) is 2.99. The number of hydrogen-bond donors (Lipinski definition) is 1. The van der Waals surface area contributed by atoms with Crippen LogP contribution in [0.2, 0.25) is 0 Å². The van der Waals surface area contributed by atoms with Crippen LogP contribution in [0.15, 0.2) is 12.1 Å². The summed E-state index contributed by atoms with van der Waals surface area (Å²) in [5.74, 6) is 1.06. The van der Waals surface area contributed by atoms with E-state index in [4.69, 9.17) is 4.74 Å². The minimum absolute atomic E-state index is 0.256. The summed E-state index contributed by atoms with van der Waals surface area (Å²) in [5.41, 5.74) is 3.78. The van der Waals surface area contributed by atoms with Gasteiger partial charge in [0, 0.05) is 0 Å². The van der Waals surface area contributed by atoms with Crippen LogP contribution in [0.4, 0.5) is 0 Å². The summed E-state index contributed by atoms with van der Waals surface area (Å²) in [5, 5.41) is 3.14. The van der Waals surface area contributed by atoms with Crippen LogP contribution in [0.1, 0.15) is 30.0 Å². The first-order chi connectivity index (χ1) is 7.56. The average molecular weight is 221 g/mol. The molecule has 0 aliphatic rings. The first-order valence-corrected chi connectivity index (χ1v) is 5.94. The van der Waals surface area contributed by atoms with Crippen molar-refractivity contribution in [3.8, 4) is 5.75 Å². The quantitative estimate of drug-likeness (QED) is 0.825. The van der Waals surface area contributed by atoms with Gasteiger partial charge >= 0.3 is 0 Å². The number of rotatable bonds is 5. The van der Waals surface area contributed by atoms with E-state index < -0.39 is 0 Å². The number of benzene rings is 1. The maximum atomic E-state index is 6.02. The Morgan fingerprint density at radius 3 is 2.44 bits per heavy atom. The Bertz CT molecular complexity index is 347. The molecule has 2 nitrogen and oxygen atoms in total. The van der Waals surface area contributed by atoms with E-state index in [-0.39, 0.29) is 6.10 Å². The van der Waals surface area contributed by atoms with E-state index in [1.807, 2.05) is 7.05 Å². The Morgan fingerprint density at radius 2 is 1.81 bits per heavy atom. The summed E-state index contributed by atoms with van der Waals surface area (Å²) < 4.78 is 6.02. The molecule has 1 aromatic rings. The van der Waals surface area contributed by atoms with Crippen molar-refractivity contribution in [1.29, 1.82) is 0 Å². The summed E-state index contributed by atoms with van der Waals surface area (Å²) in [6, 6.07) is 4.28. The van der Waals surface area contributed by atoms with Crippen LogP contribution in [0, 0.1) is 20.8 Å². The van der Waals surface area contributed by atoms with E-state index in [0.717, 1.165) is 18.7 Å². The second-order valence-corrected chi connectivity index (χ2v) is 4.47. The Morgan fingerprint density at radius 1 is 1.19 bits per heavy atom. The van der Waals surface area contributed by atoms with Gasteiger partial charge in [-0.3, -0.25) is 0 Å². The molecule has 0 saturated heterocycles. The van der Waals surface area contributed by atoms with Gasteiger partial charge < -0.3 is 10.1 Å². The number of ether oxygens (including phenoxy) is 1. The molecule has 0 aliphatic heterocycles. The molecule has 1 rings (SSSR count). The zero-order chi connectivity index (χ0) is 12.1. The summed E-state index contributed by atoms with van der Waals surface area (Å²) in [6.07, 6.45) is 1.29. The molecule has 0 amide bonds. The van der Waals surface area contributed by atoms with Gasteiger partial charge in [-0.25, -0.2) is 0 Å². The molecule has 1 atom stereocenters. The van der Waals surface area contributed by atoms with Gasteiger partial charge in [0.05, 0.1) is 6.10 Å². The Balaban J connectivity index is 2.76. The van der Waals surface area contributed by atoms with Crippen LogP contribution in [-0.4, -0.2) is 19.7 Å². The molecular formula is C14H23NO. The molecule has 0 spiro atoms. The lowest BCUT2D eigenvalue weighted by Crippen LogP contribution is -2.20. The first-order valence-electron chi connectivity index (χ1n) is 5.94. The molecular weight excluding hydrogens is 198 g/mol. The van der Waals surface area contributed by atoms with Crippen molar-refractivity contribution in [1.82, 2.24) is 5.32 Å². The van der Waals surface area contributed by atoms with Gasteiger partial charge in [-0.05, 0) is 64.4 Å². The lowest BCUT2D eigenvalue weighted by molar-refractivity contribution is 0.208. The van der Waals surface area contributed by atoms with Crippen LogP contribution in [0.5, 0.6) is 5.75 Å². The fraction of sp³-hybridized carbons (Fsp3) is 0.571. The van der Waals surface area contributed by atoms with Crippen molar-refractivity contribution in [3.05, 3.63) is 28.8 Å². The molecule has 0 heterocycles. The minimum atomic E-state index is 0.256. The van der Waals surface area contributed by atoms with Gasteiger partial charge in [0.25, 0.3) is 0 Å². The Labute approximate surface area is 99.0 Å². The van der Waals surface area contributed by atoms with Crippen molar-refractivity contribution < 1.29 is 4.74 Å². The zero-order valence-electron chi connectivity index (χ0n) is 11.1. The molecule has 0 fully saturated rings. The maximum absolute atomic E-state index is 6.02. The van der Waals surface area contributed by atoms with E-state index in [1.165, 1.54) is 16.7 Å². The molecule has 0 saturated carbocycles. The van der Waals surface area contributed by atoms with Gasteiger partial charge in [0.15, 0.2) is 0 Å².